The SMILES string of the molecule is BC(OCCC)C(C=C)OC. The van der Waals surface area contributed by atoms with E-state index in [-0.39, 0.29) is 12.1 Å². The van der Waals surface area contributed by atoms with Crippen LogP contribution in [-0.4, -0.2) is 33.7 Å². The van der Waals surface area contributed by atoms with Gasteiger partial charge in [-0.2, -0.15) is 0 Å². The Morgan fingerprint density at radius 3 is 2.64 bits per heavy atom. The highest BCUT2D eigenvalue weighted by molar-refractivity contribution is 6.11. The first-order valence-electron chi connectivity index (χ1n) is 4.03. The average molecular weight is 156 g/mol. The van der Waals surface area contributed by atoms with Gasteiger partial charge in [-0.25, -0.2) is 0 Å². The van der Waals surface area contributed by atoms with Gasteiger partial charge >= 0.3 is 0 Å². The summed E-state index contributed by atoms with van der Waals surface area (Å²) < 4.78 is 10.6. The van der Waals surface area contributed by atoms with Crippen LogP contribution in [0.15, 0.2) is 12.7 Å². The maximum Gasteiger partial charge on any atom is 0.143 e. The summed E-state index contributed by atoms with van der Waals surface area (Å²) in [6, 6.07) is 0.109. The molecule has 0 aliphatic heterocycles. The molecule has 0 aliphatic carbocycles. The lowest BCUT2D eigenvalue weighted by atomic mass is 9.94. The zero-order valence-corrected chi connectivity index (χ0v) is 7.67. The van der Waals surface area contributed by atoms with Gasteiger partial charge in [0.05, 0.1) is 12.1 Å². The van der Waals surface area contributed by atoms with Crippen LogP contribution in [0.5, 0.6) is 0 Å². The van der Waals surface area contributed by atoms with Crippen LogP contribution in [0.1, 0.15) is 13.3 Å². The minimum Gasteiger partial charge on any atom is -0.384 e. The molecule has 0 fully saturated rings. The molecule has 0 rings (SSSR count). The molecule has 0 saturated carbocycles. The lowest BCUT2D eigenvalue weighted by Crippen LogP contribution is -2.29. The van der Waals surface area contributed by atoms with E-state index in [1.807, 2.05) is 7.85 Å². The van der Waals surface area contributed by atoms with Crippen molar-refractivity contribution in [3.05, 3.63) is 12.7 Å². The summed E-state index contributed by atoms with van der Waals surface area (Å²) in [4.78, 5) is 0. The van der Waals surface area contributed by atoms with E-state index in [4.69, 9.17) is 9.47 Å². The first-order valence-corrected chi connectivity index (χ1v) is 4.03. The Kier molecular flexibility index (Phi) is 6.28. The third-order valence-electron chi connectivity index (χ3n) is 1.55. The molecule has 0 amide bonds. The van der Waals surface area contributed by atoms with Crippen LogP contribution in [0.2, 0.25) is 0 Å². The number of hydrogen-bond acceptors (Lipinski definition) is 2. The molecule has 0 N–H and O–H groups in total. The number of hydrogen-bond donors (Lipinski definition) is 0. The fourth-order valence-corrected chi connectivity index (χ4v) is 0.878. The zero-order valence-electron chi connectivity index (χ0n) is 7.67. The van der Waals surface area contributed by atoms with Crippen molar-refractivity contribution in [2.24, 2.45) is 0 Å². The van der Waals surface area contributed by atoms with Gasteiger partial charge in [-0.15, -0.1) is 6.58 Å². The van der Waals surface area contributed by atoms with Crippen molar-refractivity contribution in [1.82, 2.24) is 0 Å². The second kappa shape index (κ2) is 6.44. The van der Waals surface area contributed by atoms with E-state index in [1.165, 1.54) is 0 Å². The predicted octanol–water partition coefficient (Wildman–Crippen LogP) is 0.573. The van der Waals surface area contributed by atoms with Crippen molar-refractivity contribution in [2.75, 3.05) is 13.7 Å². The summed E-state index contributed by atoms with van der Waals surface area (Å²) in [5, 5.41) is 0. The normalized spacial score (nSPS) is 15.8. The van der Waals surface area contributed by atoms with Gasteiger partial charge in [0.15, 0.2) is 0 Å². The van der Waals surface area contributed by atoms with Crippen LogP contribution >= 0.6 is 0 Å². The molecule has 0 bridgehead atoms. The Labute approximate surface area is 70.0 Å². The van der Waals surface area contributed by atoms with Crippen molar-refractivity contribution in [3.8, 4) is 0 Å². The van der Waals surface area contributed by atoms with E-state index in [9.17, 15) is 0 Å². The van der Waals surface area contributed by atoms with E-state index in [2.05, 4.69) is 13.5 Å². The molecular formula is C8H17BO2. The van der Waals surface area contributed by atoms with Gasteiger partial charge in [-0.1, -0.05) is 13.0 Å². The average Bonchev–Trinajstić information content (AvgIpc) is 2.03. The maximum atomic E-state index is 5.44. The number of methoxy groups -OCH3 is 1. The molecule has 0 aliphatic rings. The highest BCUT2D eigenvalue weighted by Gasteiger charge is 2.11. The van der Waals surface area contributed by atoms with E-state index < -0.39 is 0 Å². The number of rotatable bonds is 6. The van der Waals surface area contributed by atoms with Crippen molar-refractivity contribution in [2.45, 2.75) is 25.5 Å². The quantitative estimate of drug-likeness (QED) is 0.413. The molecule has 0 aromatic rings. The molecule has 0 heterocycles. The van der Waals surface area contributed by atoms with Gasteiger partial charge in [0.2, 0.25) is 0 Å². The Morgan fingerprint density at radius 2 is 2.27 bits per heavy atom. The third kappa shape index (κ3) is 4.22. The molecule has 3 heteroatoms. The molecule has 0 saturated heterocycles. The fraction of sp³-hybridized carbons (Fsp3) is 0.750. The van der Waals surface area contributed by atoms with Crippen LogP contribution in [-0.2, 0) is 9.47 Å². The van der Waals surface area contributed by atoms with Crippen LogP contribution in [0.3, 0.4) is 0 Å². The Hall–Kier alpha value is -0.275. The second-order valence-corrected chi connectivity index (χ2v) is 2.51. The van der Waals surface area contributed by atoms with Crippen LogP contribution < -0.4 is 0 Å². The molecule has 2 atom stereocenters. The van der Waals surface area contributed by atoms with E-state index in [0.717, 1.165) is 13.0 Å². The minimum absolute atomic E-state index is 0.0153. The predicted molar refractivity (Wildman–Crippen MR) is 49.6 cm³/mol. The van der Waals surface area contributed by atoms with Gasteiger partial charge in [0, 0.05) is 13.7 Å². The molecule has 0 aromatic heterocycles. The fourth-order valence-electron chi connectivity index (χ4n) is 0.878. The van der Waals surface area contributed by atoms with Crippen LogP contribution in [0.4, 0.5) is 0 Å². The highest BCUT2D eigenvalue weighted by atomic mass is 16.5. The summed E-state index contributed by atoms with van der Waals surface area (Å²) in [5.41, 5.74) is 0. The van der Waals surface area contributed by atoms with Gasteiger partial charge in [0.25, 0.3) is 0 Å². The summed E-state index contributed by atoms with van der Waals surface area (Å²) in [6.45, 7) is 6.53. The monoisotopic (exact) mass is 156 g/mol. The standard InChI is InChI=1S/C8H17BO2/c1-4-6-11-8(9)7(5-2)10-3/h5,7-8H,2,4,6,9H2,1,3H3. The first-order chi connectivity index (χ1) is 5.26. The second-order valence-electron chi connectivity index (χ2n) is 2.51. The first kappa shape index (κ1) is 10.7. The summed E-state index contributed by atoms with van der Waals surface area (Å²) in [7, 11) is 3.66. The molecule has 0 spiro atoms. The maximum absolute atomic E-state index is 5.44. The Morgan fingerprint density at radius 1 is 1.64 bits per heavy atom. The van der Waals surface area contributed by atoms with Gasteiger partial charge in [-0.3, -0.25) is 0 Å². The van der Waals surface area contributed by atoms with E-state index in [1.54, 1.807) is 13.2 Å². The molecular weight excluding hydrogens is 139 g/mol. The van der Waals surface area contributed by atoms with E-state index in [0.29, 0.717) is 0 Å². The summed E-state index contributed by atoms with van der Waals surface area (Å²) in [5.74, 6) is 0. The Balaban J connectivity index is 3.59. The topological polar surface area (TPSA) is 18.5 Å². The van der Waals surface area contributed by atoms with Crippen molar-refractivity contribution < 1.29 is 9.47 Å². The molecule has 64 valence electrons. The van der Waals surface area contributed by atoms with Crippen LogP contribution in [0, 0.1) is 0 Å². The third-order valence-corrected chi connectivity index (χ3v) is 1.55. The van der Waals surface area contributed by atoms with Crippen molar-refractivity contribution in [3.63, 3.8) is 0 Å². The minimum atomic E-state index is 0.0153. The lowest BCUT2D eigenvalue weighted by Gasteiger charge is -2.19. The molecule has 0 aromatic carbocycles. The van der Waals surface area contributed by atoms with Gasteiger partial charge in [0.1, 0.15) is 7.85 Å². The van der Waals surface area contributed by atoms with E-state index >= 15 is 0 Å². The molecule has 0 radical (unpaired) electrons. The van der Waals surface area contributed by atoms with Gasteiger partial charge < -0.3 is 9.47 Å². The van der Waals surface area contributed by atoms with Crippen LogP contribution in [0.25, 0.3) is 0 Å². The van der Waals surface area contributed by atoms with Gasteiger partial charge in [-0.05, 0) is 6.42 Å². The zero-order chi connectivity index (χ0) is 8.69. The Bertz CT molecular complexity index is 106. The molecule has 2 nitrogen and oxygen atoms in total. The smallest absolute Gasteiger partial charge is 0.143 e. The lowest BCUT2D eigenvalue weighted by molar-refractivity contribution is 0.00857. The molecule has 2 unspecified atom stereocenters. The summed E-state index contributed by atoms with van der Waals surface area (Å²) >= 11 is 0. The van der Waals surface area contributed by atoms with Crippen molar-refractivity contribution >= 4 is 7.85 Å². The highest BCUT2D eigenvalue weighted by Crippen LogP contribution is 2.00. The largest absolute Gasteiger partial charge is 0.384 e. The molecule has 11 heavy (non-hydrogen) atoms. The summed E-state index contributed by atoms with van der Waals surface area (Å²) in [6.07, 6.45) is 2.82. The number of ether oxygens (including phenoxy) is 2. The van der Waals surface area contributed by atoms with Crippen molar-refractivity contribution in [1.29, 1.82) is 0 Å².